The number of benzene rings is 3. The first-order valence-electron chi connectivity index (χ1n) is 14.6. The molecule has 3 rings (SSSR count). The molecule has 0 aliphatic rings. The van der Waals surface area contributed by atoms with E-state index in [0.29, 0.717) is 33.5 Å². The van der Waals surface area contributed by atoms with Gasteiger partial charge in [-0.15, -0.1) is 0 Å². The molecule has 0 fully saturated rings. The SMILES string of the molecule is CC[C@@H](C)NC(=O)[C@@H](CC)N(Cc1ccc(Cl)cc1Cl)C(=O)CN(c1cc(C)cc(C)c1)S(=O)(=O)c1ccc(OC)c(OC)c1. The Bertz CT molecular complexity index is 1610. The number of aryl methyl sites for hydroxylation is 2. The highest BCUT2D eigenvalue weighted by atomic mass is 35.5. The quantitative estimate of drug-likeness (QED) is 0.208. The Morgan fingerprint density at radius 2 is 1.53 bits per heavy atom. The number of nitrogens with zero attached hydrogens (tertiary/aromatic N) is 2. The molecule has 0 aromatic heterocycles. The van der Waals surface area contributed by atoms with Crippen molar-refractivity contribution in [3.05, 3.63) is 81.3 Å². The molecule has 0 spiro atoms. The molecule has 1 N–H and O–H groups in total. The predicted octanol–water partition coefficient (Wildman–Crippen LogP) is 6.54. The van der Waals surface area contributed by atoms with Crippen molar-refractivity contribution < 1.29 is 27.5 Å². The van der Waals surface area contributed by atoms with Crippen LogP contribution in [0.3, 0.4) is 0 Å². The van der Waals surface area contributed by atoms with Gasteiger partial charge in [0.1, 0.15) is 12.6 Å². The van der Waals surface area contributed by atoms with E-state index < -0.39 is 28.5 Å². The zero-order valence-corrected chi connectivity index (χ0v) is 29.0. The summed E-state index contributed by atoms with van der Waals surface area (Å²) >= 11 is 12.6. The van der Waals surface area contributed by atoms with Crippen molar-refractivity contribution in [2.75, 3.05) is 25.1 Å². The lowest BCUT2D eigenvalue weighted by molar-refractivity contribution is -0.140. The Morgan fingerprint density at radius 1 is 0.889 bits per heavy atom. The summed E-state index contributed by atoms with van der Waals surface area (Å²) in [6.45, 7) is 8.69. The number of methoxy groups -OCH3 is 2. The third kappa shape index (κ3) is 8.83. The zero-order chi connectivity index (χ0) is 33.5. The Balaban J connectivity index is 2.16. The molecule has 0 bridgehead atoms. The number of halogens is 2. The summed E-state index contributed by atoms with van der Waals surface area (Å²) in [5.41, 5.74) is 2.49. The number of amides is 2. The molecular formula is C33H41Cl2N3O6S. The molecule has 2 amide bonds. The minimum Gasteiger partial charge on any atom is -0.493 e. The molecule has 12 heteroatoms. The smallest absolute Gasteiger partial charge is 0.264 e. The van der Waals surface area contributed by atoms with E-state index in [1.165, 1.54) is 37.3 Å². The van der Waals surface area contributed by atoms with Gasteiger partial charge in [-0.2, -0.15) is 0 Å². The average Bonchev–Trinajstić information content (AvgIpc) is 2.99. The number of ether oxygens (including phenoxy) is 2. The van der Waals surface area contributed by atoms with Crippen LogP contribution in [0.25, 0.3) is 0 Å². The van der Waals surface area contributed by atoms with Gasteiger partial charge in [0.2, 0.25) is 11.8 Å². The molecule has 0 radical (unpaired) electrons. The van der Waals surface area contributed by atoms with E-state index in [-0.39, 0.29) is 35.6 Å². The number of anilines is 1. The third-order valence-corrected chi connectivity index (χ3v) is 9.82. The van der Waals surface area contributed by atoms with Crippen LogP contribution in [-0.2, 0) is 26.2 Å². The van der Waals surface area contributed by atoms with Gasteiger partial charge in [0, 0.05) is 28.7 Å². The lowest BCUT2D eigenvalue weighted by Crippen LogP contribution is -2.53. The molecule has 0 aliphatic carbocycles. The molecule has 0 saturated carbocycles. The van der Waals surface area contributed by atoms with E-state index in [4.69, 9.17) is 32.7 Å². The van der Waals surface area contributed by atoms with E-state index in [1.807, 2.05) is 33.8 Å². The Hall–Kier alpha value is -3.47. The van der Waals surface area contributed by atoms with E-state index in [9.17, 15) is 18.0 Å². The number of rotatable bonds is 14. The van der Waals surface area contributed by atoms with Crippen molar-refractivity contribution in [2.24, 2.45) is 0 Å². The topological polar surface area (TPSA) is 105 Å². The molecule has 3 aromatic carbocycles. The first-order chi connectivity index (χ1) is 21.2. The van der Waals surface area contributed by atoms with Crippen molar-refractivity contribution >= 4 is 50.7 Å². The molecule has 0 unspecified atom stereocenters. The van der Waals surface area contributed by atoms with Crippen LogP contribution in [0.4, 0.5) is 5.69 Å². The average molecular weight is 679 g/mol. The van der Waals surface area contributed by atoms with Crippen LogP contribution >= 0.6 is 23.2 Å². The number of carbonyl (C=O) groups is 2. The highest BCUT2D eigenvalue weighted by molar-refractivity contribution is 7.92. The van der Waals surface area contributed by atoms with Gasteiger partial charge in [-0.1, -0.05) is 49.2 Å². The van der Waals surface area contributed by atoms with E-state index in [1.54, 1.807) is 37.3 Å². The highest BCUT2D eigenvalue weighted by Gasteiger charge is 2.34. The first-order valence-corrected chi connectivity index (χ1v) is 16.8. The van der Waals surface area contributed by atoms with Gasteiger partial charge in [0.25, 0.3) is 10.0 Å². The normalized spacial score (nSPS) is 12.6. The fourth-order valence-electron chi connectivity index (χ4n) is 4.92. The largest absolute Gasteiger partial charge is 0.493 e. The second kappa shape index (κ2) is 15.7. The molecular weight excluding hydrogens is 637 g/mol. The third-order valence-electron chi connectivity index (χ3n) is 7.46. The number of carbonyl (C=O) groups excluding carboxylic acids is 2. The van der Waals surface area contributed by atoms with Crippen molar-refractivity contribution in [1.82, 2.24) is 10.2 Å². The number of nitrogens with one attached hydrogen (secondary N) is 1. The van der Waals surface area contributed by atoms with Crippen LogP contribution in [-0.4, -0.2) is 58.0 Å². The van der Waals surface area contributed by atoms with E-state index >= 15 is 0 Å². The van der Waals surface area contributed by atoms with E-state index in [2.05, 4.69) is 5.32 Å². The van der Waals surface area contributed by atoms with Gasteiger partial charge in [-0.25, -0.2) is 8.42 Å². The minimum absolute atomic E-state index is 0.0433. The van der Waals surface area contributed by atoms with Crippen LogP contribution in [0.2, 0.25) is 10.0 Å². The van der Waals surface area contributed by atoms with Crippen molar-refractivity contribution in [3.8, 4) is 11.5 Å². The summed E-state index contributed by atoms with van der Waals surface area (Å²) in [4.78, 5) is 29.1. The van der Waals surface area contributed by atoms with Crippen molar-refractivity contribution in [2.45, 2.75) is 71.0 Å². The monoisotopic (exact) mass is 677 g/mol. The summed E-state index contributed by atoms with van der Waals surface area (Å²) in [6.07, 6.45) is 0.981. The van der Waals surface area contributed by atoms with Crippen LogP contribution in [0.5, 0.6) is 11.5 Å². The zero-order valence-electron chi connectivity index (χ0n) is 26.7. The standard InChI is InChI=1S/C33H41Cl2N3O6S/c1-8-23(5)36-33(40)29(9-2)37(19-24-10-11-25(34)17-28(24)35)32(39)20-38(26-15-21(3)14-22(4)16-26)45(41,42)27-12-13-30(43-6)31(18-27)44-7/h10-18,23,29H,8-9,19-20H2,1-7H3,(H,36,40)/t23-,29-/m1/s1. The minimum atomic E-state index is -4.33. The van der Waals surface area contributed by atoms with Gasteiger partial charge < -0.3 is 19.7 Å². The molecule has 0 heterocycles. The summed E-state index contributed by atoms with van der Waals surface area (Å²) in [5, 5.41) is 3.70. The molecule has 3 aromatic rings. The predicted molar refractivity (Wildman–Crippen MR) is 179 cm³/mol. The molecule has 244 valence electrons. The lowest BCUT2D eigenvalue weighted by atomic mass is 10.1. The van der Waals surface area contributed by atoms with Gasteiger partial charge >= 0.3 is 0 Å². The Morgan fingerprint density at radius 3 is 2.09 bits per heavy atom. The fraction of sp³-hybridized carbons (Fsp3) is 0.394. The molecule has 0 aliphatic heterocycles. The summed E-state index contributed by atoms with van der Waals surface area (Å²) in [5.74, 6) is -0.354. The summed E-state index contributed by atoms with van der Waals surface area (Å²) < 4.78 is 40.4. The number of hydrogen-bond acceptors (Lipinski definition) is 6. The van der Waals surface area contributed by atoms with Gasteiger partial charge in [-0.05, 0) is 86.7 Å². The molecule has 45 heavy (non-hydrogen) atoms. The second-order valence-electron chi connectivity index (χ2n) is 10.9. The fourth-order valence-corrected chi connectivity index (χ4v) is 6.80. The van der Waals surface area contributed by atoms with Crippen molar-refractivity contribution in [1.29, 1.82) is 0 Å². The van der Waals surface area contributed by atoms with Crippen LogP contribution in [0.15, 0.2) is 59.5 Å². The molecule has 0 saturated heterocycles. The Kier molecular flexibility index (Phi) is 12.6. The van der Waals surface area contributed by atoms with Crippen LogP contribution in [0.1, 0.15) is 50.3 Å². The van der Waals surface area contributed by atoms with Crippen LogP contribution in [0, 0.1) is 13.8 Å². The molecule has 2 atom stereocenters. The lowest BCUT2D eigenvalue weighted by Gasteiger charge is -2.34. The Labute approximate surface area is 276 Å². The number of hydrogen-bond donors (Lipinski definition) is 1. The first kappa shape index (κ1) is 36.0. The van der Waals surface area contributed by atoms with Crippen LogP contribution < -0.4 is 19.1 Å². The maximum atomic E-state index is 14.4. The van der Waals surface area contributed by atoms with Crippen molar-refractivity contribution in [3.63, 3.8) is 0 Å². The second-order valence-corrected chi connectivity index (χ2v) is 13.6. The summed E-state index contributed by atoms with van der Waals surface area (Å²) in [6, 6.07) is 13.4. The molecule has 9 nitrogen and oxygen atoms in total. The maximum Gasteiger partial charge on any atom is 0.264 e. The highest BCUT2D eigenvalue weighted by Crippen LogP contribution is 2.33. The van der Waals surface area contributed by atoms with Gasteiger partial charge in [0.15, 0.2) is 11.5 Å². The number of sulfonamides is 1. The van der Waals surface area contributed by atoms with Gasteiger partial charge in [0.05, 0.1) is 24.8 Å². The van der Waals surface area contributed by atoms with Gasteiger partial charge in [-0.3, -0.25) is 13.9 Å². The summed E-state index contributed by atoms with van der Waals surface area (Å²) in [7, 11) is -1.46. The maximum absolute atomic E-state index is 14.4. The van der Waals surface area contributed by atoms with E-state index in [0.717, 1.165) is 15.4 Å².